The molecular weight excluding hydrogens is 407 g/mol. The van der Waals surface area contributed by atoms with E-state index in [2.05, 4.69) is 15.7 Å². The van der Waals surface area contributed by atoms with Gasteiger partial charge in [-0.15, -0.1) is 0 Å². The minimum Gasteiger partial charge on any atom is -0.482 e. The summed E-state index contributed by atoms with van der Waals surface area (Å²) in [6, 6.07) is 5.23. The predicted octanol–water partition coefficient (Wildman–Crippen LogP) is 4.83. The number of nitrogens with one attached hydrogen (secondary N) is 2. The van der Waals surface area contributed by atoms with Gasteiger partial charge in [-0.2, -0.15) is 0 Å². The molecule has 4 N–H and O–H groups in total. The van der Waals surface area contributed by atoms with E-state index in [-0.39, 0.29) is 12.5 Å². The fourth-order valence-corrected chi connectivity index (χ4v) is 4.33. The number of carbonyl (C=O) groups excluding carboxylic acids is 1. The Balaban J connectivity index is 1.78. The number of aryl methyl sites for hydroxylation is 3. The quantitative estimate of drug-likeness (QED) is 0.403. The third-order valence-electron chi connectivity index (χ3n) is 4.05. The van der Waals surface area contributed by atoms with Gasteiger partial charge >= 0.3 is 0 Å². The number of amides is 1. The molecule has 142 valence electrons. The lowest BCUT2D eigenvalue weighted by Crippen LogP contribution is -2.21. The fraction of sp³-hybridized carbons (Fsp3) is 0.222. The van der Waals surface area contributed by atoms with Crippen molar-refractivity contribution in [1.29, 1.82) is 0 Å². The largest absolute Gasteiger partial charge is 0.482 e. The van der Waals surface area contributed by atoms with Crippen molar-refractivity contribution in [3.05, 3.63) is 44.9 Å². The lowest BCUT2D eigenvalue weighted by molar-refractivity contribution is -0.118. The highest BCUT2D eigenvalue weighted by Crippen LogP contribution is 2.35. The summed E-state index contributed by atoms with van der Waals surface area (Å²) in [7, 11) is 0. The topological polar surface area (TPSA) is 89.3 Å². The van der Waals surface area contributed by atoms with Gasteiger partial charge in [0.25, 0.3) is 5.91 Å². The monoisotopic (exact) mass is 424 g/mol. The molecule has 0 unspecified atom stereocenters. The molecule has 0 aliphatic rings. The summed E-state index contributed by atoms with van der Waals surface area (Å²) in [5.74, 6) is 5.60. The number of hydrogen-bond acceptors (Lipinski definition) is 6. The van der Waals surface area contributed by atoms with Crippen LogP contribution in [-0.4, -0.2) is 17.5 Å². The number of anilines is 2. The highest BCUT2D eigenvalue weighted by molar-refractivity contribution is 7.22. The second-order valence-electron chi connectivity index (χ2n) is 6.08. The number of benzene rings is 2. The summed E-state index contributed by atoms with van der Waals surface area (Å²) in [6.45, 7) is 5.50. The second-order valence-corrected chi connectivity index (χ2v) is 7.92. The van der Waals surface area contributed by atoms with Crippen molar-refractivity contribution in [1.82, 2.24) is 4.98 Å². The Morgan fingerprint density at radius 1 is 1.22 bits per heavy atom. The Labute approximate surface area is 170 Å². The number of hydrogen-bond donors (Lipinski definition) is 3. The Morgan fingerprint density at radius 2 is 1.96 bits per heavy atom. The lowest BCUT2D eigenvalue weighted by Gasteiger charge is -2.14. The summed E-state index contributed by atoms with van der Waals surface area (Å²) in [4.78, 5) is 16.8. The average Bonchev–Trinajstić information content (AvgIpc) is 3.01. The zero-order chi connectivity index (χ0) is 19.7. The smallest absolute Gasteiger partial charge is 0.262 e. The van der Waals surface area contributed by atoms with Crippen LogP contribution >= 0.6 is 34.5 Å². The lowest BCUT2D eigenvalue weighted by atomic mass is 10.1. The first-order valence-electron chi connectivity index (χ1n) is 8.05. The molecule has 0 radical (unpaired) electrons. The number of nitrogen functional groups attached to an aromatic ring is 1. The van der Waals surface area contributed by atoms with E-state index in [1.165, 1.54) is 11.3 Å². The number of ether oxygens (including phenoxy) is 1. The third kappa shape index (κ3) is 4.11. The van der Waals surface area contributed by atoms with Gasteiger partial charge in [-0.05, 0) is 55.7 Å². The van der Waals surface area contributed by atoms with E-state index in [9.17, 15) is 4.79 Å². The van der Waals surface area contributed by atoms with Crippen molar-refractivity contribution in [2.75, 3.05) is 17.3 Å². The summed E-state index contributed by atoms with van der Waals surface area (Å²) in [6.07, 6.45) is 0. The van der Waals surface area contributed by atoms with E-state index in [1.807, 2.05) is 26.8 Å². The van der Waals surface area contributed by atoms with Crippen LogP contribution in [0.4, 0.5) is 10.8 Å². The van der Waals surface area contributed by atoms with Crippen molar-refractivity contribution >= 4 is 61.5 Å². The summed E-state index contributed by atoms with van der Waals surface area (Å²) < 4.78 is 6.57. The zero-order valence-corrected chi connectivity index (χ0v) is 17.3. The van der Waals surface area contributed by atoms with Crippen LogP contribution in [0.15, 0.2) is 18.2 Å². The van der Waals surface area contributed by atoms with E-state index in [4.69, 9.17) is 33.8 Å². The number of hydrazine groups is 1. The number of nitrogens with zero attached hydrogens (tertiary/aromatic N) is 1. The Morgan fingerprint density at radius 3 is 2.63 bits per heavy atom. The van der Waals surface area contributed by atoms with E-state index < -0.39 is 0 Å². The van der Waals surface area contributed by atoms with Crippen LogP contribution in [0.25, 0.3) is 10.2 Å². The Bertz CT molecular complexity index is 1010. The van der Waals surface area contributed by atoms with Crippen LogP contribution in [-0.2, 0) is 4.79 Å². The van der Waals surface area contributed by atoms with Gasteiger partial charge in [-0.3, -0.25) is 10.2 Å². The number of thiazole rings is 1. The molecule has 0 aliphatic carbocycles. The number of aromatic nitrogens is 1. The van der Waals surface area contributed by atoms with Gasteiger partial charge in [-0.25, -0.2) is 10.8 Å². The molecule has 1 heterocycles. The minimum absolute atomic E-state index is 0.169. The summed E-state index contributed by atoms with van der Waals surface area (Å²) in [5.41, 5.74) is 6.73. The number of rotatable bonds is 5. The molecular formula is C18H18Cl2N4O2S. The second kappa shape index (κ2) is 7.90. The van der Waals surface area contributed by atoms with Crippen LogP contribution in [0.3, 0.4) is 0 Å². The maximum absolute atomic E-state index is 12.4. The highest BCUT2D eigenvalue weighted by atomic mass is 35.5. The first-order valence-corrected chi connectivity index (χ1v) is 9.63. The molecule has 0 fully saturated rings. The van der Waals surface area contributed by atoms with E-state index in [0.29, 0.717) is 20.9 Å². The molecule has 0 spiro atoms. The SMILES string of the molecule is Cc1cc2nc(NN)sc2c(C)c1NC(=O)COc1c(C)cc(Cl)cc1Cl. The van der Waals surface area contributed by atoms with Crippen molar-refractivity contribution in [2.45, 2.75) is 20.8 Å². The van der Waals surface area contributed by atoms with Gasteiger partial charge in [0.2, 0.25) is 0 Å². The molecule has 27 heavy (non-hydrogen) atoms. The maximum Gasteiger partial charge on any atom is 0.262 e. The van der Waals surface area contributed by atoms with Crippen LogP contribution < -0.4 is 21.3 Å². The maximum atomic E-state index is 12.4. The van der Waals surface area contributed by atoms with E-state index >= 15 is 0 Å². The Kier molecular flexibility index (Phi) is 5.76. The van der Waals surface area contributed by atoms with Crippen molar-refractivity contribution < 1.29 is 9.53 Å². The molecule has 2 aromatic carbocycles. The average molecular weight is 425 g/mol. The molecule has 0 saturated carbocycles. The van der Waals surface area contributed by atoms with Crippen molar-refractivity contribution in [3.8, 4) is 5.75 Å². The molecule has 1 amide bonds. The molecule has 6 nitrogen and oxygen atoms in total. The van der Waals surface area contributed by atoms with Crippen molar-refractivity contribution in [3.63, 3.8) is 0 Å². The van der Waals surface area contributed by atoms with Crippen molar-refractivity contribution in [2.24, 2.45) is 5.84 Å². The van der Waals surface area contributed by atoms with Gasteiger partial charge in [-0.1, -0.05) is 34.5 Å². The van der Waals surface area contributed by atoms with Gasteiger partial charge in [0, 0.05) is 10.7 Å². The molecule has 0 atom stereocenters. The molecule has 0 aliphatic heterocycles. The highest BCUT2D eigenvalue weighted by Gasteiger charge is 2.15. The molecule has 3 rings (SSSR count). The van der Waals surface area contributed by atoms with E-state index in [0.717, 1.165) is 32.6 Å². The van der Waals surface area contributed by atoms with Gasteiger partial charge in [0.15, 0.2) is 11.7 Å². The van der Waals surface area contributed by atoms with Gasteiger partial charge in [0.1, 0.15) is 5.75 Å². The number of nitrogens with two attached hydrogens (primary N) is 1. The molecule has 1 aromatic heterocycles. The first kappa shape index (κ1) is 19.7. The van der Waals surface area contributed by atoms with Crippen LogP contribution in [0.2, 0.25) is 10.0 Å². The molecule has 0 bridgehead atoms. The predicted molar refractivity (Wildman–Crippen MR) is 112 cm³/mol. The third-order valence-corrected chi connectivity index (χ3v) is 5.67. The van der Waals surface area contributed by atoms with Gasteiger partial charge in [0.05, 0.1) is 15.2 Å². The van der Waals surface area contributed by atoms with Crippen LogP contribution in [0.5, 0.6) is 5.75 Å². The minimum atomic E-state index is -0.285. The normalized spacial score (nSPS) is 10.9. The fourth-order valence-electron chi connectivity index (χ4n) is 2.82. The van der Waals surface area contributed by atoms with Crippen LogP contribution in [0.1, 0.15) is 16.7 Å². The van der Waals surface area contributed by atoms with Crippen LogP contribution in [0, 0.1) is 20.8 Å². The number of fused-ring (bicyclic) bond motifs is 1. The van der Waals surface area contributed by atoms with E-state index in [1.54, 1.807) is 12.1 Å². The van der Waals surface area contributed by atoms with Gasteiger partial charge < -0.3 is 10.1 Å². The first-order chi connectivity index (χ1) is 12.8. The molecule has 0 saturated heterocycles. The number of halogens is 2. The Hall–Kier alpha value is -2.06. The molecule has 3 aromatic rings. The molecule has 9 heteroatoms. The summed E-state index contributed by atoms with van der Waals surface area (Å²) >= 11 is 13.5. The summed E-state index contributed by atoms with van der Waals surface area (Å²) in [5, 5.41) is 4.42. The number of carbonyl (C=O) groups is 1. The standard InChI is InChI=1S/C18H18Cl2N4O2S/c1-8-5-13-17(27-18(22-13)24-21)10(3)15(8)23-14(25)7-26-16-9(2)4-11(19)6-12(16)20/h4-6H,7,21H2,1-3H3,(H,22,24)(H,23,25). The zero-order valence-electron chi connectivity index (χ0n) is 14.9.